The number of fused-ring (bicyclic) bond motifs is 21. The van der Waals surface area contributed by atoms with E-state index in [9.17, 15) is 44.1 Å². The van der Waals surface area contributed by atoms with Crippen molar-refractivity contribution in [1.29, 1.82) is 0 Å². The van der Waals surface area contributed by atoms with Crippen LogP contribution in [-0.2, 0) is 44.0 Å². The fraction of sp³-hybridized carbons (Fsp3) is 0.281. The van der Waals surface area contributed by atoms with Gasteiger partial charge in [-0.15, -0.1) is 0 Å². The number of carbonyl (C=O) groups excluding carboxylic acids is 3. The minimum atomic E-state index is -1.42. The van der Waals surface area contributed by atoms with Crippen LogP contribution in [0.4, 0.5) is 30.2 Å². The van der Waals surface area contributed by atoms with Crippen LogP contribution in [0.2, 0.25) is 30.1 Å². The Balaban J connectivity index is 0.000000115. The van der Waals surface area contributed by atoms with Gasteiger partial charge in [-0.3, -0.25) is 29.1 Å². The van der Waals surface area contributed by atoms with Crippen LogP contribution >= 0.6 is 85.5 Å². The van der Waals surface area contributed by atoms with Gasteiger partial charge in [0.25, 0.3) is 0 Å². The second-order valence-electron chi connectivity index (χ2n) is 35.1. The molecule has 0 bridgehead atoms. The quantitative estimate of drug-likeness (QED) is 0.0552. The molecule has 3 aromatic heterocycles. The number of carboxylic acid groups (broad SMARTS) is 3. The number of anilines is 3. The molecule has 10 aromatic carbocycles. The normalized spacial score (nSPS) is 25.1. The fourth-order valence-corrected chi connectivity index (χ4v) is 24.1. The number of hydrogen-bond acceptors (Lipinski definition) is 15. The summed E-state index contributed by atoms with van der Waals surface area (Å²) in [6.45, 7) is 4.35. The number of benzene rings is 10. The standard InChI is InChI=1S/C36H29Cl2FN4O4.C30H23BrClFN4O4.C30H22Cl3FN4O4/c1-2-5-19-6-3-7-20(14-19)17-42-29-18-47-33-24-15-21(34(44)45)10-13-27(24)41-43(33)32(29)30(23-8-4-9-26(38)31(23)39)36(42)25-12-11-22(37)16-28(25)40-35(36)46;31-20-3-1-2-18(25(20)33)24-26-23(13-41-27-17-8-6-15(28(38)39)10-21(17)35-37(26)27)36(12-14-4-5-14)30(24)19-9-7-16(32)11-22(19)34-29(30)40;31-15-4-6-19-22(10-15)35-29(41)30(19)24(18-8-16(32)9-20(33)25(18)34)26-23(37(30)11-13-1-2-13)12-42-27-17-5-3-14(28(39)40)7-21(17)36-38(26)27/h3-4,6-16,29-30,32H,2,5,17-18H2,1H3,(H,40,46)(H,44,45);1-3,6-11,14,23-24,26H,4-5,12-13H2,(H,34,40)(H,38,39);3-10,13,23-24,26H,1-2,11-12H2,(H,35,41)(H,39,40)/t29-,30-,32+,36+;2*23-,24-,26+,30+/m000/s1. The Hall–Kier alpha value is -11.3. The minimum absolute atomic E-state index is 0.0568. The summed E-state index contributed by atoms with van der Waals surface area (Å²) in [7, 11) is 0. The van der Waals surface area contributed by atoms with Gasteiger partial charge >= 0.3 is 17.9 Å². The lowest BCUT2D eigenvalue weighted by Crippen LogP contribution is -2.54. The van der Waals surface area contributed by atoms with Crippen LogP contribution in [0.25, 0.3) is 32.7 Å². The summed E-state index contributed by atoms with van der Waals surface area (Å²) in [5.41, 5.74) is 4.52. The number of nitrogens with zero attached hydrogens (tertiary/aromatic N) is 9. The molecular formula is C96H74BrCl6F3N12O12. The number of halogens is 10. The largest absolute Gasteiger partial charge is 0.478 e. The highest BCUT2D eigenvalue weighted by Crippen LogP contribution is 2.68. The van der Waals surface area contributed by atoms with Crippen LogP contribution in [0.3, 0.4) is 0 Å². The van der Waals surface area contributed by atoms with Crippen molar-refractivity contribution in [2.24, 2.45) is 11.8 Å². The molecule has 9 aliphatic heterocycles. The van der Waals surface area contributed by atoms with Crippen LogP contribution < -0.4 is 30.2 Å². The maximum atomic E-state index is 16.4. The molecule has 3 amide bonds. The average Bonchev–Trinajstić information content (AvgIpc) is 1.52. The van der Waals surface area contributed by atoms with E-state index in [2.05, 4.69) is 65.6 Å². The molecule has 0 radical (unpaired) electrons. The van der Waals surface area contributed by atoms with Crippen molar-refractivity contribution >= 4 is 171 Å². The van der Waals surface area contributed by atoms with Gasteiger partial charge in [0.1, 0.15) is 53.9 Å². The van der Waals surface area contributed by atoms with Crippen LogP contribution in [-0.4, -0.2) is 146 Å². The van der Waals surface area contributed by atoms with Gasteiger partial charge in [0.05, 0.1) is 100 Å². The molecule has 34 heteroatoms. The highest BCUT2D eigenvalue weighted by atomic mass is 79.9. The van der Waals surface area contributed by atoms with Gasteiger partial charge in [-0.25, -0.2) is 41.6 Å². The number of aromatic carboxylic acids is 3. The number of amides is 3. The summed E-state index contributed by atoms with van der Waals surface area (Å²) in [5.74, 6) is -6.07. The van der Waals surface area contributed by atoms with E-state index in [1.54, 1.807) is 99.0 Å². The molecule has 2 aliphatic carbocycles. The monoisotopic (exact) mass is 1930 g/mol. The van der Waals surface area contributed by atoms with Gasteiger partial charge in [0.15, 0.2) is 0 Å². The van der Waals surface area contributed by atoms with Crippen molar-refractivity contribution in [3.8, 4) is 17.6 Å². The van der Waals surface area contributed by atoms with Gasteiger partial charge in [-0.2, -0.15) is 15.3 Å². The molecule has 6 N–H and O–H groups in total. The van der Waals surface area contributed by atoms with Crippen molar-refractivity contribution in [3.05, 3.63) is 295 Å². The number of nitrogens with one attached hydrogen (secondary N) is 3. The van der Waals surface area contributed by atoms with Crippen molar-refractivity contribution in [3.63, 3.8) is 0 Å². The first kappa shape index (κ1) is 84.3. The fourth-order valence-electron chi connectivity index (χ4n) is 22.5. The van der Waals surface area contributed by atoms with Crippen LogP contribution in [0, 0.1) is 29.3 Å². The van der Waals surface area contributed by atoms with Gasteiger partial charge < -0.3 is 45.5 Å². The molecular weight excluding hydrogens is 1860 g/mol. The van der Waals surface area contributed by atoms with E-state index in [-0.39, 0.29) is 92.5 Å². The van der Waals surface area contributed by atoms with E-state index in [0.29, 0.717) is 135 Å². The van der Waals surface area contributed by atoms with Crippen molar-refractivity contribution in [2.45, 2.75) is 123 Å². The van der Waals surface area contributed by atoms with Crippen molar-refractivity contribution in [2.75, 3.05) is 48.9 Å². The number of aromatic nitrogens is 6. The summed E-state index contributed by atoms with van der Waals surface area (Å²) < 4.78 is 73.4. The average molecular weight is 1940 g/mol. The number of carbonyl (C=O) groups is 6. The molecule has 11 aliphatic rings. The summed E-state index contributed by atoms with van der Waals surface area (Å²) in [6.07, 6.45) is 6.07. The Kier molecular flexibility index (Phi) is 20.4. The summed E-state index contributed by atoms with van der Waals surface area (Å²) in [4.78, 5) is 85.5. The molecule has 13 aromatic rings. The summed E-state index contributed by atoms with van der Waals surface area (Å²) in [6, 6.07) is 48.3. The first-order valence-electron chi connectivity index (χ1n) is 42.6. The number of hydrogen-bond donors (Lipinski definition) is 6. The zero-order valence-electron chi connectivity index (χ0n) is 68.5. The second kappa shape index (κ2) is 31.5. The third kappa shape index (κ3) is 12.9. The highest BCUT2D eigenvalue weighted by molar-refractivity contribution is 9.10. The van der Waals surface area contributed by atoms with Crippen LogP contribution in [0.15, 0.2) is 186 Å². The van der Waals surface area contributed by atoms with Gasteiger partial charge in [0, 0.05) is 91.2 Å². The molecule has 24 nitrogen and oxygen atoms in total. The number of aryl methyl sites for hydroxylation is 1. The lowest BCUT2D eigenvalue weighted by molar-refractivity contribution is -0.129. The Morgan fingerprint density at radius 2 is 0.854 bits per heavy atom. The predicted octanol–water partition coefficient (Wildman–Crippen LogP) is 20.0. The van der Waals surface area contributed by atoms with E-state index in [1.165, 1.54) is 60.2 Å². The number of rotatable bonds is 14. The Bertz CT molecular complexity index is 7100. The van der Waals surface area contributed by atoms with Gasteiger partial charge in [0.2, 0.25) is 35.4 Å². The minimum Gasteiger partial charge on any atom is -0.478 e. The number of ether oxygens (including phenoxy) is 3. The molecule has 660 valence electrons. The van der Waals surface area contributed by atoms with Crippen LogP contribution in [0.1, 0.15) is 150 Å². The maximum Gasteiger partial charge on any atom is 0.335 e. The van der Waals surface area contributed by atoms with Crippen LogP contribution in [0.5, 0.6) is 17.6 Å². The maximum absolute atomic E-state index is 16.4. The van der Waals surface area contributed by atoms with Gasteiger partial charge in [-0.1, -0.05) is 150 Å². The van der Waals surface area contributed by atoms with E-state index >= 15 is 13.2 Å². The summed E-state index contributed by atoms with van der Waals surface area (Å²) in [5, 5.41) is 55.9. The molecule has 2 saturated carbocycles. The highest BCUT2D eigenvalue weighted by Gasteiger charge is 2.73. The molecule has 130 heavy (non-hydrogen) atoms. The lowest BCUT2D eigenvalue weighted by atomic mass is 9.73. The SMILES string of the molecule is CCCc1cccc(CN2[C@H]3COc4c5cc(C(=O)O)ccc5nn4[C@H]3[C@H](c3cccc(Cl)c3F)[C@]23C(=O)Nc2cc(Cl)ccc23)c1.O=C(O)c1ccc2c3n(nc2c1)[C@@H]1[C@H](CO3)N(CC2CC2)[C@@]2(C(=O)Nc3cc(Cl)ccc32)[C@H]1c1cc(Cl)cc(Cl)c1F.O=C(O)c1ccc2c3n(nc2c1)[C@@H]1[C@H](CO3)N(CC2CC2)[C@@]2(C(=O)Nc3cc(Cl)ccc32)[C@H]1c1cccc(Br)c1F. The van der Waals surface area contributed by atoms with Gasteiger partial charge in [-0.05, 0) is 203 Å². The molecule has 12 heterocycles. The Morgan fingerprint density at radius 3 is 1.34 bits per heavy atom. The van der Waals surface area contributed by atoms with E-state index in [1.807, 2.05) is 30.3 Å². The zero-order valence-corrected chi connectivity index (χ0v) is 74.6. The summed E-state index contributed by atoms with van der Waals surface area (Å²) >= 11 is 41.8. The van der Waals surface area contributed by atoms with E-state index < -0.39 is 93.9 Å². The van der Waals surface area contributed by atoms with Crippen molar-refractivity contribution < 1.29 is 71.5 Å². The third-order valence-corrected chi connectivity index (χ3v) is 30.1. The number of likely N-dealkylation sites (tertiary alicyclic amines) is 3. The first-order valence-corrected chi connectivity index (χ1v) is 45.6. The zero-order chi connectivity index (χ0) is 89.9. The van der Waals surface area contributed by atoms with E-state index in [0.717, 1.165) is 49.7 Å². The molecule has 3 spiro atoms. The molecule has 12 atom stereocenters. The smallest absolute Gasteiger partial charge is 0.335 e. The third-order valence-electron chi connectivity index (χ3n) is 28.0. The molecule has 24 rings (SSSR count). The topological polar surface area (TPSA) is 290 Å². The second-order valence-corrected chi connectivity index (χ2v) is 38.5. The Morgan fingerprint density at radius 1 is 0.438 bits per heavy atom. The molecule has 5 fully saturated rings. The number of carboxylic acids is 3. The Labute approximate surface area is 777 Å². The molecule has 0 unspecified atom stereocenters. The molecule has 3 saturated heterocycles. The lowest BCUT2D eigenvalue weighted by Gasteiger charge is -2.39. The van der Waals surface area contributed by atoms with E-state index in [4.69, 9.17) is 99.1 Å². The predicted molar refractivity (Wildman–Crippen MR) is 485 cm³/mol. The van der Waals surface area contributed by atoms with Crippen molar-refractivity contribution in [1.82, 2.24) is 44.0 Å². The first-order chi connectivity index (χ1) is 62.7.